The van der Waals surface area contributed by atoms with Gasteiger partial charge in [-0.15, -0.1) is 0 Å². The second-order valence-corrected chi connectivity index (χ2v) is 5.12. The molecule has 0 spiro atoms. The fourth-order valence-electron chi connectivity index (χ4n) is 2.59. The minimum absolute atomic E-state index is 0.196. The summed E-state index contributed by atoms with van der Waals surface area (Å²) in [5.41, 5.74) is 1.44. The van der Waals surface area contributed by atoms with Crippen LogP contribution >= 0.6 is 0 Å². The summed E-state index contributed by atoms with van der Waals surface area (Å²) in [6, 6.07) is 0. The lowest BCUT2D eigenvalue weighted by Gasteiger charge is -2.13. The Balaban J connectivity index is 1.72. The predicted molar refractivity (Wildman–Crippen MR) is 69.2 cm³/mol. The maximum absolute atomic E-state index is 9.82. The average molecular weight is 277 g/mol. The van der Waals surface area contributed by atoms with Gasteiger partial charge in [0.25, 0.3) is 0 Å². The Morgan fingerprint density at radius 1 is 1.30 bits per heavy atom. The zero-order valence-corrected chi connectivity index (χ0v) is 10.8. The third-order valence-electron chi connectivity index (χ3n) is 3.78. The van der Waals surface area contributed by atoms with Gasteiger partial charge >= 0.3 is 0 Å². The predicted octanol–water partition coefficient (Wildman–Crippen LogP) is -0.713. The smallest absolute Gasteiger partial charge is 0.167 e. The van der Waals surface area contributed by atoms with Gasteiger partial charge in [-0.1, -0.05) is 0 Å². The van der Waals surface area contributed by atoms with Crippen LogP contribution in [-0.2, 0) is 4.74 Å². The molecule has 2 aliphatic rings. The topological polar surface area (TPSA) is 96.3 Å². The van der Waals surface area contributed by atoms with Gasteiger partial charge in [0.2, 0.25) is 0 Å². The monoisotopic (exact) mass is 277 g/mol. The first-order valence-corrected chi connectivity index (χ1v) is 6.65. The summed E-state index contributed by atoms with van der Waals surface area (Å²) in [4.78, 5) is 15.0. The molecule has 3 atom stereocenters. The second-order valence-electron chi connectivity index (χ2n) is 5.12. The third-order valence-corrected chi connectivity index (χ3v) is 3.78. The van der Waals surface area contributed by atoms with Crippen LogP contribution in [0, 0.1) is 0 Å². The van der Waals surface area contributed by atoms with E-state index in [0.717, 1.165) is 24.4 Å². The highest BCUT2D eigenvalue weighted by Crippen LogP contribution is 2.32. The van der Waals surface area contributed by atoms with Crippen molar-refractivity contribution in [1.29, 1.82) is 0 Å². The van der Waals surface area contributed by atoms with E-state index in [4.69, 9.17) is 9.84 Å². The van der Waals surface area contributed by atoms with Crippen molar-refractivity contribution >= 4 is 17.0 Å². The minimum Gasteiger partial charge on any atom is -0.394 e. The molecule has 2 fully saturated rings. The number of aliphatic hydroxyl groups excluding tert-OH is 2. The Morgan fingerprint density at radius 2 is 2.15 bits per heavy atom. The van der Waals surface area contributed by atoms with Crippen LogP contribution in [0.3, 0.4) is 0 Å². The van der Waals surface area contributed by atoms with Gasteiger partial charge in [-0.2, -0.15) is 0 Å². The molecular formula is C12H15N5O3. The van der Waals surface area contributed by atoms with E-state index in [-0.39, 0.29) is 12.8 Å². The highest BCUT2D eigenvalue weighted by atomic mass is 16.5. The molecule has 2 N–H and O–H groups in total. The molecule has 2 aromatic heterocycles. The zero-order chi connectivity index (χ0) is 13.7. The van der Waals surface area contributed by atoms with E-state index in [1.807, 2.05) is 0 Å². The molecule has 2 saturated heterocycles. The van der Waals surface area contributed by atoms with Crippen molar-refractivity contribution in [1.82, 2.24) is 19.5 Å². The highest BCUT2D eigenvalue weighted by Gasteiger charge is 2.35. The van der Waals surface area contributed by atoms with Crippen LogP contribution in [0.4, 0.5) is 5.82 Å². The fourth-order valence-corrected chi connectivity index (χ4v) is 2.59. The Labute approximate surface area is 114 Å². The first-order chi connectivity index (χ1) is 9.78. The molecule has 0 amide bonds. The number of imidazole rings is 1. The molecular weight excluding hydrogens is 262 g/mol. The maximum Gasteiger partial charge on any atom is 0.167 e. The standard InChI is InChI=1S/C12H15N5O3/c18-4-8-7(19)3-9(20-8)17-6-15-10-11(16-1-2-16)13-5-14-12(10)17/h5-9,18-19H,1-4H2/t7-,8+,9+/m0/s1. The van der Waals surface area contributed by atoms with E-state index < -0.39 is 12.2 Å². The first kappa shape index (κ1) is 12.0. The molecule has 0 aromatic carbocycles. The lowest BCUT2D eigenvalue weighted by molar-refractivity contribution is -0.0432. The zero-order valence-electron chi connectivity index (χ0n) is 10.8. The molecule has 106 valence electrons. The van der Waals surface area contributed by atoms with E-state index in [9.17, 15) is 5.11 Å². The molecule has 0 bridgehead atoms. The largest absolute Gasteiger partial charge is 0.394 e. The van der Waals surface area contributed by atoms with Crippen LogP contribution in [0.1, 0.15) is 12.6 Å². The summed E-state index contributed by atoms with van der Waals surface area (Å²) in [5.74, 6) is 0.839. The van der Waals surface area contributed by atoms with Gasteiger partial charge in [0.1, 0.15) is 18.7 Å². The molecule has 20 heavy (non-hydrogen) atoms. The van der Waals surface area contributed by atoms with Crippen molar-refractivity contribution in [2.75, 3.05) is 24.6 Å². The van der Waals surface area contributed by atoms with Crippen LogP contribution in [-0.4, -0.2) is 61.6 Å². The molecule has 4 rings (SSSR count). The van der Waals surface area contributed by atoms with Crippen molar-refractivity contribution in [3.05, 3.63) is 12.7 Å². The number of rotatable bonds is 3. The van der Waals surface area contributed by atoms with Crippen molar-refractivity contribution in [2.45, 2.75) is 24.9 Å². The van der Waals surface area contributed by atoms with Gasteiger partial charge in [-0.05, 0) is 0 Å². The van der Waals surface area contributed by atoms with Crippen molar-refractivity contribution < 1.29 is 14.9 Å². The molecule has 8 nitrogen and oxygen atoms in total. The molecule has 0 radical (unpaired) electrons. The number of anilines is 1. The number of aromatic nitrogens is 4. The molecule has 4 heterocycles. The fraction of sp³-hybridized carbons (Fsp3) is 0.583. The van der Waals surface area contributed by atoms with Crippen molar-refractivity contribution in [3.8, 4) is 0 Å². The molecule has 0 unspecified atom stereocenters. The van der Waals surface area contributed by atoms with Crippen LogP contribution < -0.4 is 4.90 Å². The quantitative estimate of drug-likeness (QED) is 0.715. The van der Waals surface area contributed by atoms with Gasteiger partial charge in [0, 0.05) is 19.5 Å². The van der Waals surface area contributed by atoms with Gasteiger partial charge < -0.3 is 19.8 Å². The summed E-state index contributed by atoms with van der Waals surface area (Å²) in [7, 11) is 0. The Hall–Kier alpha value is -1.77. The number of nitrogens with zero attached hydrogens (tertiary/aromatic N) is 5. The lowest BCUT2D eigenvalue weighted by atomic mass is 10.2. The highest BCUT2D eigenvalue weighted by molar-refractivity contribution is 5.84. The Kier molecular flexibility index (Phi) is 2.62. The molecule has 8 heteroatoms. The van der Waals surface area contributed by atoms with Crippen molar-refractivity contribution in [2.24, 2.45) is 0 Å². The summed E-state index contributed by atoms with van der Waals surface area (Å²) >= 11 is 0. The number of hydrogen-bond donors (Lipinski definition) is 2. The van der Waals surface area contributed by atoms with Gasteiger partial charge in [0.05, 0.1) is 19.0 Å². The molecule has 0 aliphatic carbocycles. The van der Waals surface area contributed by atoms with Gasteiger partial charge in [0.15, 0.2) is 17.0 Å². The third kappa shape index (κ3) is 1.76. The van der Waals surface area contributed by atoms with Crippen LogP contribution in [0.5, 0.6) is 0 Å². The summed E-state index contributed by atoms with van der Waals surface area (Å²) in [5, 5.41) is 19.0. The summed E-state index contributed by atoms with van der Waals surface area (Å²) in [6.07, 6.45) is 2.01. The van der Waals surface area contributed by atoms with E-state index in [1.54, 1.807) is 10.9 Å². The Morgan fingerprint density at radius 3 is 2.85 bits per heavy atom. The SMILES string of the molecule is OC[C@H]1O[C@@H](n2cnc3c(N4CC4)ncnc32)C[C@@H]1O. The average Bonchev–Trinajstić information content (AvgIpc) is 3.10. The van der Waals surface area contributed by atoms with E-state index in [2.05, 4.69) is 19.9 Å². The minimum atomic E-state index is -0.670. The summed E-state index contributed by atoms with van der Waals surface area (Å²) in [6.45, 7) is 1.78. The van der Waals surface area contributed by atoms with Crippen molar-refractivity contribution in [3.63, 3.8) is 0 Å². The second kappa shape index (κ2) is 4.37. The van der Waals surface area contributed by atoms with Crippen LogP contribution in [0.25, 0.3) is 11.2 Å². The molecule has 2 aliphatic heterocycles. The number of aliphatic hydroxyl groups is 2. The normalized spacial score (nSPS) is 29.3. The number of hydrogen-bond acceptors (Lipinski definition) is 7. The van der Waals surface area contributed by atoms with E-state index in [0.29, 0.717) is 12.1 Å². The van der Waals surface area contributed by atoms with E-state index >= 15 is 0 Å². The van der Waals surface area contributed by atoms with E-state index in [1.165, 1.54) is 6.33 Å². The van der Waals surface area contributed by atoms with Crippen LogP contribution in [0.2, 0.25) is 0 Å². The number of ether oxygens (including phenoxy) is 1. The first-order valence-electron chi connectivity index (χ1n) is 6.65. The maximum atomic E-state index is 9.82. The van der Waals surface area contributed by atoms with Gasteiger partial charge in [-0.3, -0.25) is 4.57 Å². The number of fused-ring (bicyclic) bond motifs is 1. The lowest BCUT2D eigenvalue weighted by Crippen LogP contribution is -2.24. The van der Waals surface area contributed by atoms with Crippen LogP contribution in [0.15, 0.2) is 12.7 Å². The molecule has 0 saturated carbocycles. The summed E-state index contributed by atoms with van der Waals surface area (Å²) < 4.78 is 7.43. The Bertz CT molecular complexity index is 641. The van der Waals surface area contributed by atoms with Gasteiger partial charge in [-0.25, -0.2) is 15.0 Å². The molecule has 2 aromatic rings.